The van der Waals surface area contributed by atoms with Gasteiger partial charge >= 0.3 is 5.97 Å². The van der Waals surface area contributed by atoms with Gasteiger partial charge in [-0.15, -0.1) is 11.3 Å². The number of rotatable bonds is 7. The number of ether oxygens (including phenoxy) is 1. The van der Waals surface area contributed by atoms with Crippen LogP contribution in [0.1, 0.15) is 43.2 Å². The van der Waals surface area contributed by atoms with Crippen LogP contribution in [0.3, 0.4) is 0 Å². The monoisotopic (exact) mass is 441 g/mol. The average molecular weight is 442 g/mol. The number of thiophene rings is 1. The molecule has 30 heavy (non-hydrogen) atoms. The zero-order valence-corrected chi connectivity index (χ0v) is 17.3. The van der Waals surface area contributed by atoms with Gasteiger partial charge in [-0.3, -0.25) is 24.1 Å². The third-order valence-electron chi connectivity index (χ3n) is 4.83. The number of imide groups is 1. The Kier molecular flexibility index (Phi) is 5.65. The number of carbonyl (C=O) groups excluding carboxylic acids is 4. The molecule has 0 spiro atoms. The zero-order valence-electron chi connectivity index (χ0n) is 15.7. The van der Waals surface area contributed by atoms with Crippen molar-refractivity contribution in [1.82, 2.24) is 4.90 Å². The molecule has 0 aliphatic carbocycles. The molecule has 1 aromatic heterocycles. The van der Waals surface area contributed by atoms with E-state index in [1.54, 1.807) is 36.4 Å². The minimum absolute atomic E-state index is 0.0125. The fourth-order valence-electron chi connectivity index (χ4n) is 3.42. The van der Waals surface area contributed by atoms with Crippen molar-refractivity contribution < 1.29 is 23.9 Å². The van der Waals surface area contributed by atoms with Crippen LogP contribution in [0.4, 0.5) is 0 Å². The number of amides is 2. The molecular formula is C22H16ClNO5S. The van der Waals surface area contributed by atoms with Crippen LogP contribution in [-0.2, 0) is 9.53 Å². The maximum Gasteiger partial charge on any atom is 0.306 e. The van der Waals surface area contributed by atoms with Gasteiger partial charge in [-0.1, -0.05) is 35.9 Å². The minimum atomic E-state index is -0.564. The van der Waals surface area contributed by atoms with Crippen molar-refractivity contribution in [2.45, 2.75) is 12.8 Å². The molecule has 0 saturated carbocycles. The average Bonchev–Trinajstić information content (AvgIpc) is 3.19. The Morgan fingerprint density at radius 3 is 2.23 bits per heavy atom. The van der Waals surface area contributed by atoms with Crippen LogP contribution in [0.2, 0.25) is 4.34 Å². The summed E-state index contributed by atoms with van der Waals surface area (Å²) in [5.41, 5.74) is 0.955. The summed E-state index contributed by atoms with van der Waals surface area (Å²) in [6.45, 7) is -0.279. The van der Waals surface area contributed by atoms with Gasteiger partial charge in [-0.05, 0) is 36.1 Å². The van der Waals surface area contributed by atoms with E-state index in [2.05, 4.69) is 0 Å². The maximum atomic E-state index is 12.8. The Balaban J connectivity index is 1.34. The second kappa shape index (κ2) is 8.38. The highest BCUT2D eigenvalue weighted by Crippen LogP contribution is 2.30. The van der Waals surface area contributed by atoms with Crippen molar-refractivity contribution in [3.63, 3.8) is 0 Å². The molecule has 6 nitrogen and oxygen atoms in total. The van der Waals surface area contributed by atoms with E-state index >= 15 is 0 Å². The van der Waals surface area contributed by atoms with Gasteiger partial charge in [0.15, 0.2) is 6.61 Å². The highest BCUT2D eigenvalue weighted by atomic mass is 35.5. The maximum absolute atomic E-state index is 12.8. The number of benzene rings is 2. The lowest BCUT2D eigenvalue weighted by atomic mass is 9.94. The molecular weight excluding hydrogens is 426 g/mol. The van der Waals surface area contributed by atoms with Gasteiger partial charge in [0.2, 0.25) is 5.78 Å². The molecule has 1 aliphatic heterocycles. The third-order valence-corrected chi connectivity index (χ3v) is 6.10. The SMILES string of the molecule is O=C(CCCN1C(=O)c2cccc3cccc(c23)C1=O)OCC(=O)c1ccc(Cl)s1. The number of carbonyl (C=O) groups is 4. The lowest BCUT2D eigenvalue weighted by Gasteiger charge is -2.27. The quantitative estimate of drug-likeness (QED) is 0.309. The van der Waals surface area contributed by atoms with Gasteiger partial charge in [0.25, 0.3) is 11.8 Å². The summed E-state index contributed by atoms with van der Waals surface area (Å²) in [6.07, 6.45) is 0.231. The van der Waals surface area contributed by atoms with Gasteiger partial charge in [-0.2, -0.15) is 0 Å². The van der Waals surface area contributed by atoms with E-state index < -0.39 is 5.97 Å². The van der Waals surface area contributed by atoms with Crippen molar-refractivity contribution in [2.24, 2.45) is 0 Å². The number of ketones is 1. The van der Waals surface area contributed by atoms with E-state index in [-0.39, 0.29) is 43.6 Å². The van der Waals surface area contributed by atoms with E-state index in [1.807, 2.05) is 12.1 Å². The normalized spacial score (nSPS) is 13.0. The van der Waals surface area contributed by atoms with Crippen LogP contribution < -0.4 is 0 Å². The lowest BCUT2D eigenvalue weighted by Crippen LogP contribution is -2.41. The first kappa shape index (κ1) is 20.3. The summed E-state index contributed by atoms with van der Waals surface area (Å²) in [5, 5.41) is 1.50. The van der Waals surface area contributed by atoms with E-state index in [9.17, 15) is 19.2 Å². The first-order valence-electron chi connectivity index (χ1n) is 9.28. The highest BCUT2D eigenvalue weighted by Gasteiger charge is 2.32. The summed E-state index contributed by atoms with van der Waals surface area (Å²) in [4.78, 5) is 51.1. The highest BCUT2D eigenvalue weighted by molar-refractivity contribution is 7.18. The molecule has 0 N–H and O–H groups in total. The van der Waals surface area contributed by atoms with Crippen LogP contribution in [0, 0.1) is 0 Å². The Morgan fingerprint density at radius 2 is 1.63 bits per heavy atom. The number of hydrogen-bond acceptors (Lipinski definition) is 6. The van der Waals surface area contributed by atoms with Crippen LogP contribution in [0.25, 0.3) is 10.8 Å². The molecule has 0 fully saturated rings. The summed E-state index contributed by atoms with van der Waals surface area (Å²) in [5.74, 6) is -1.64. The Labute approximate surface area is 181 Å². The third kappa shape index (κ3) is 3.86. The Morgan fingerprint density at radius 1 is 0.967 bits per heavy atom. The first-order chi connectivity index (χ1) is 14.5. The molecule has 0 atom stereocenters. The number of Topliss-reactive ketones (excluding diaryl/α,β-unsaturated/α-hetero) is 1. The molecule has 4 rings (SSSR count). The zero-order chi connectivity index (χ0) is 21.3. The van der Waals surface area contributed by atoms with Gasteiger partial charge in [0.05, 0.1) is 9.21 Å². The standard InChI is InChI=1S/C22H16ClNO5S/c23-18-10-9-17(30-18)16(25)12-29-19(26)8-3-11-24-21(27)14-6-1-4-13-5-2-7-15(20(13)14)22(24)28/h1-2,4-7,9-10H,3,8,11-12H2. The molecule has 2 amide bonds. The number of esters is 1. The molecule has 0 bridgehead atoms. The first-order valence-corrected chi connectivity index (χ1v) is 10.5. The van der Waals surface area contributed by atoms with Crippen molar-refractivity contribution in [1.29, 1.82) is 0 Å². The molecule has 152 valence electrons. The number of nitrogens with zero attached hydrogens (tertiary/aromatic N) is 1. The van der Waals surface area contributed by atoms with E-state index in [0.29, 0.717) is 25.7 Å². The van der Waals surface area contributed by atoms with Crippen LogP contribution >= 0.6 is 22.9 Å². The second-order valence-corrected chi connectivity index (χ2v) is 8.48. The molecule has 1 aliphatic rings. The molecule has 2 heterocycles. The fraction of sp³-hybridized carbons (Fsp3) is 0.182. The van der Waals surface area contributed by atoms with Crippen LogP contribution in [-0.4, -0.2) is 41.6 Å². The molecule has 0 saturated heterocycles. The van der Waals surface area contributed by atoms with Crippen molar-refractivity contribution in [2.75, 3.05) is 13.2 Å². The Bertz CT molecular complexity index is 1130. The predicted molar refractivity (Wildman–Crippen MR) is 113 cm³/mol. The van der Waals surface area contributed by atoms with Gasteiger partial charge < -0.3 is 4.74 Å². The summed E-state index contributed by atoms with van der Waals surface area (Å²) < 4.78 is 5.48. The lowest BCUT2D eigenvalue weighted by molar-refractivity contribution is -0.142. The van der Waals surface area contributed by atoms with Crippen LogP contribution in [0.15, 0.2) is 48.5 Å². The molecule has 0 unspecified atom stereocenters. The summed E-state index contributed by atoms with van der Waals surface area (Å²) in [7, 11) is 0. The Hall–Kier alpha value is -3.03. The van der Waals surface area contributed by atoms with Crippen LogP contribution in [0.5, 0.6) is 0 Å². The van der Waals surface area contributed by atoms with E-state index in [4.69, 9.17) is 16.3 Å². The van der Waals surface area contributed by atoms with Crippen molar-refractivity contribution in [3.05, 3.63) is 68.9 Å². The molecule has 0 radical (unpaired) electrons. The van der Waals surface area contributed by atoms with E-state index in [0.717, 1.165) is 21.6 Å². The second-order valence-electron chi connectivity index (χ2n) is 6.76. The molecule has 2 aromatic carbocycles. The molecule has 8 heteroatoms. The minimum Gasteiger partial charge on any atom is -0.457 e. The van der Waals surface area contributed by atoms with E-state index in [1.165, 1.54) is 0 Å². The predicted octanol–water partition coefficient (Wildman–Crippen LogP) is 4.36. The van der Waals surface area contributed by atoms with Gasteiger partial charge in [-0.25, -0.2) is 0 Å². The summed E-state index contributed by atoms with van der Waals surface area (Å²) >= 11 is 6.91. The van der Waals surface area contributed by atoms with Gasteiger partial charge in [0.1, 0.15) is 0 Å². The van der Waals surface area contributed by atoms with Gasteiger partial charge in [0, 0.05) is 29.5 Å². The largest absolute Gasteiger partial charge is 0.457 e. The van der Waals surface area contributed by atoms with Crippen molar-refractivity contribution in [3.8, 4) is 0 Å². The van der Waals surface area contributed by atoms with Crippen molar-refractivity contribution >= 4 is 57.3 Å². The smallest absolute Gasteiger partial charge is 0.306 e. The topological polar surface area (TPSA) is 80.8 Å². The summed E-state index contributed by atoms with van der Waals surface area (Å²) in [6, 6.07) is 13.9. The number of halogens is 1. The fourth-order valence-corrected chi connectivity index (χ4v) is 4.39. The molecule has 3 aromatic rings. The number of hydrogen-bond donors (Lipinski definition) is 0.